The zero-order chi connectivity index (χ0) is 14.8. The first-order chi connectivity index (χ1) is 10.1. The topological polar surface area (TPSA) is 60.9 Å². The van der Waals surface area contributed by atoms with Crippen molar-refractivity contribution in [3.8, 4) is 0 Å². The van der Waals surface area contributed by atoms with Gasteiger partial charge in [0.1, 0.15) is 5.82 Å². The van der Waals surface area contributed by atoms with Gasteiger partial charge >= 0.3 is 0 Å². The summed E-state index contributed by atoms with van der Waals surface area (Å²) in [7, 11) is 3.90. The van der Waals surface area contributed by atoms with Crippen molar-refractivity contribution < 1.29 is 0 Å². The SMILES string of the molecule is Cc1cnc([C@H]2CCCN2Cc2cnc(N(C)C)nc2)[nH]1. The standard InChI is InChI=1S/C15H22N6/c1-11-7-16-14(19-11)13-5-4-6-21(13)10-12-8-17-15(18-9-12)20(2)3/h7-9,13H,4-6,10H2,1-3H3,(H,16,19)/t13-/m1/s1. The Bertz CT molecular complexity index is 588. The minimum atomic E-state index is 0.382. The van der Waals surface area contributed by atoms with Gasteiger partial charge in [-0.2, -0.15) is 0 Å². The minimum absolute atomic E-state index is 0.382. The van der Waals surface area contributed by atoms with Crippen LogP contribution >= 0.6 is 0 Å². The van der Waals surface area contributed by atoms with Crippen molar-refractivity contribution in [2.75, 3.05) is 25.5 Å². The van der Waals surface area contributed by atoms with Crippen LogP contribution in [0.25, 0.3) is 0 Å². The Balaban J connectivity index is 1.71. The number of anilines is 1. The van der Waals surface area contributed by atoms with E-state index in [9.17, 15) is 0 Å². The fraction of sp³-hybridized carbons (Fsp3) is 0.533. The van der Waals surface area contributed by atoms with E-state index in [1.807, 2.05) is 44.5 Å². The second kappa shape index (κ2) is 5.81. The van der Waals surface area contributed by atoms with Gasteiger partial charge in [0.05, 0.1) is 6.04 Å². The molecule has 1 fully saturated rings. The van der Waals surface area contributed by atoms with Gasteiger partial charge in [-0.25, -0.2) is 15.0 Å². The Morgan fingerprint density at radius 3 is 2.62 bits per heavy atom. The second-order valence-corrected chi connectivity index (χ2v) is 5.87. The highest BCUT2D eigenvalue weighted by atomic mass is 15.2. The molecule has 6 nitrogen and oxygen atoms in total. The number of hydrogen-bond acceptors (Lipinski definition) is 5. The van der Waals surface area contributed by atoms with E-state index < -0.39 is 0 Å². The molecule has 0 radical (unpaired) electrons. The minimum Gasteiger partial charge on any atom is -0.347 e. The van der Waals surface area contributed by atoms with E-state index in [-0.39, 0.29) is 0 Å². The van der Waals surface area contributed by atoms with Crippen LogP contribution in [0.3, 0.4) is 0 Å². The summed E-state index contributed by atoms with van der Waals surface area (Å²) in [4.78, 5) is 21.0. The molecule has 0 spiro atoms. The third-order valence-corrected chi connectivity index (χ3v) is 3.88. The molecule has 0 amide bonds. The Hall–Kier alpha value is -1.95. The zero-order valence-electron chi connectivity index (χ0n) is 12.9. The summed E-state index contributed by atoms with van der Waals surface area (Å²) in [6.45, 7) is 4.02. The number of rotatable bonds is 4. The molecule has 2 aromatic heterocycles. The van der Waals surface area contributed by atoms with E-state index in [1.165, 1.54) is 6.42 Å². The van der Waals surface area contributed by atoms with E-state index >= 15 is 0 Å². The first-order valence-corrected chi connectivity index (χ1v) is 7.37. The summed E-state index contributed by atoms with van der Waals surface area (Å²) in [5.41, 5.74) is 2.27. The molecule has 3 rings (SSSR count). The molecule has 0 bridgehead atoms. The van der Waals surface area contributed by atoms with Crippen LogP contribution in [-0.2, 0) is 6.54 Å². The summed E-state index contributed by atoms with van der Waals surface area (Å²) in [5.74, 6) is 1.83. The lowest BCUT2D eigenvalue weighted by atomic mass is 10.2. The molecule has 0 aliphatic carbocycles. The highest BCUT2D eigenvalue weighted by Gasteiger charge is 2.28. The van der Waals surface area contributed by atoms with E-state index in [0.717, 1.165) is 42.5 Å². The molecule has 6 heteroatoms. The number of H-pyrrole nitrogens is 1. The zero-order valence-corrected chi connectivity index (χ0v) is 12.9. The third kappa shape index (κ3) is 3.05. The van der Waals surface area contributed by atoms with Gasteiger partial charge in [0.2, 0.25) is 5.95 Å². The molecule has 3 heterocycles. The lowest BCUT2D eigenvalue weighted by Gasteiger charge is -2.22. The predicted molar refractivity (Wildman–Crippen MR) is 82.1 cm³/mol. The fourth-order valence-corrected chi connectivity index (χ4v) is 2.82. The molecular weight excluding hydrogens is 264 g/mol. The lowest BCUT2D eigenvalue weighted by Crippen LogP contribution is -2.24. The number of nitrogens with one attached hydrogen (secondary N) is 1. The maximum Gasteiger partial charge on any atom is 0.224 e. The van der Waals surface area contributed by atoms with Crippen LogP contribution in [0.2, 0.25) is 0 Å². The van der Waals surface area contributed by atoms with Gasteiger partial charge in [-0.15, -0.1) is 0 Å². The van der Waals surface area contributed by atoms with Crippen LogP contribution < -0.4 is 4.90 Å². The Morgan fingerprint density at radius 2 is 2.00 bits per heavy atom. The van der Waals surface area contributed by atoms with Gasteiger partial charge in [-0.3, -0.25) is 4.90 Å². The van der Waals surface area contributed by atoms with Gasteiger partial charge in [0.15, 0.2) is 0 Å². The van der Waals surface area contributed by atoms with E-state index in [0.29, 0.717) is 6.04 Å². The van der Waals surface area contributed by atoms with Crippen molar-refractivity contribution in [1.29, 1.82) is 0 Å². The number of likely N-dealkylation sites (tertiary alicyclic amines) is 1. The smallest absolute Gasteiger partial charge is 0.224 e. The summed E-state index contributed by atoms with van der Waals surface area (Å²) in [5, 5.41) is 0. The van der Waals surface area contributed by atoms with Crippen LogP contribution in [-0.4, -0.2) is 45.5 Å². The molecule has 112 valence electrons. The van der Waals surface area contributed by atoms with Gasteiger partial charge in [-0.05, 0) is 26.3 Å². The van der Waals surface area contributed by atoms with Crippen molar-refractivity contribution in [3.63, 3.8) is 0 Å². The van der Waals surface area contributed by atoms with Gasteiger partial charge < -0.3 is 9.88 Å². The van der Waals surface area contributed by atoms with Crippen LogP contribution in [0.1, 0.15) is 36.0 Å². The summed E-state index contributed by atoms with van der Waals surface area (Å²) in [6.07, 6.45) is 8.11. The normalized spacial score (nSPS) is 19.1. The van der Waals surface area contributed by atoms with Crippen molar-refractivity contribution >= 4 is 5.95 Å². The molecular formula is C15H22N6. The van der Waals surface area contributed by atoms with Gasteiger partial charge in [0.25, 0.3) is 0 Å². The third-order valence-electron chi connectivity index (χ3n) is 3.88. The molecule has 1 aliphatic heterocycles. The quantitative estimate of drug-likeness (QED) is 0.930. The highest BCUT2D eigenvalue weighted by Crippen LogP contribution is 2.31. The predicted octanol–water partition coefficient (Wildman–Crippen LogP) is 1.91. The number of aromatic amines is 1. The fourth-order valence-electron chi connectivity index (χ4n) is 2.82. The average Bonchev–Trinajstić information content (AvgIpc) is 3.08. The highest BCUT2D eigenvalue weighted by molar-refractivity contribution is 5.26. The largest absolute Gasteiger partial charge is 0.347 e. The molecule has 0 unspecified atom stereocenters. The molecule has 0 aromatic carbocycles. The van der Waals surface area contributed by atoms with E-state index in [1.54, 1.807) is 0 Å². The second-order valence-electron chi connectivity index (χ2n) is 5.87. The molecule has 1 aliphatic rings. The van der Waals surface area contributed by atoms with Gasteiger partial charge in [-0.1, -0.05) is 0 Å². The molecule has 2 aromatic rings. The van der Waals surface area contributed by atoms with Crippen LogP contribution in [0.15, 0.2) is 18.6 Å². The number of hydrogen-bond donors (Lipinski definition) is 1. The maximum atomic E-state index is 4.49. The van der Waals surface area contributed by atoms with Crippen LogP contribution in [0.5, 0.6) is 0 Å². The number of nitrogens with zero attached hydrogens (tertiary/aromatic N) is 5. The summed E-state index contributed by atoms with van der Waals surface area (Å²) in [6, 6.07) is 0.382. The maximum absolute atomic E-state index is 4.49. The Kier molecular flexibility index (Phi) is 3.88. The Labute approximate surface area is 125 Å². The lowest BCUT2D eigenvalue weighted by molar-refractivity contribution is 0.240. The van der Waals surface area contributed by atoms with E-state index in [4.69, 9.17) is 0 Å². The van der Waals surface area contributed by atoms with Gasteiger partial charge in [0, 0.05) is 50.5 Å². The Morgan fingerprint density at radius 1 is 1.24 bits per heavy atom. The van der Waals surface area contributed by atoms with Crippen LogP contribution in [0, 0.1) is 6.92 Å². The molecule has 1 saturated heterocycles. The van der Waals surface area contributed by atoms with Crippen LogP contribution in [0.4, 0.5) is 5.95 Å². The number of imidazole rings is 1. The monoisotopic (exact) mass is 286 g/mol. The van der Waals surface area contributed by atoms with Crippen molar-refractivity contribution in [2.45, 2.75) is 32.4 Å². The summed E-state index contributed by atoms with van der Waals surface area (Å²) < 4.78 is 0. The molecule has 1 N–H and O–H groups in total. The summed E-state index contributed by atoms with van der Waals surface area (Å²) >= 11 is 0. The van der Waals surface area contributed by atoms with Crippen molar-refractivity contribution in [3.05, 3.63) is 35.7 Å². The first kappa shape index (κ1) is 14.0. The first-order valence-electron chi connectivity index (χ1n) is 7.37. The molecule has 21 heavy (non-hydrogen) atoms. The van der Waals surface area contributed by atoms with Crippen molar-refractivity contribution in [2.24, 2.45) is 0 Å². The number of aromatic nitrogens is 4. The average molecular weight is 286 g/mol. The molecule has 1 atom stereocenters. The van der Waals surface area contributed by atoms with Crippen molar-refractivity contribution in [1.82, 2.24) is 24.8 Å². The number of aryl methyl sites for hydroxylation is 1. The van der Waals surface area contributed by atoms with E-state index in [2.05, 4.69) is 24.8 Å². The molecule has 0 saturated carbocycles.